The molecular formula is C14H26N4O2. The molecule has 1 aromatic rings. The Kier molecular flexibility index (Phi) is 5.51. The number of ether oxygens (including phenoxy) is 1. The van der Waals surface area contributed by atoms with Crippen molar-refractivity contribution in [3.63, 3.8) is 0 Å². The fraction of sp³-hybridized carbons (Fsp3) is 0.857. The smallest absolute Gasteiger partial charge is 0.228 e. The van der Waals surface area contributed by atoms with E-state index in [2.05, 4.69) is 41.3 Å². The highest BCUT2D eigenvalue weighted by Crippen LogP contribution is 2.19. The molecule has 2 rings (SSSR count). The lowest BCUT2D eigenvalue weighted by molar-refractivity contribution is -0.0264. The second kappa shape index (κ2) is 7.15. The lowest BCUT2D eigenvalue weighted by Crippen LogP contribution is -2.35. The highest BCUT2D eigenvalue weighted by Gasteiger charge is 2.25. The summed E-state index contributed by atoms with van der Waals surface area (Å²) in [5.74, 6) is 2.01. The van der Waals surface area contributed by atoms with Gasteiger partial charge in [-0.1, -0.05) is 19.0 Å². The van der Waals surface area contributed by atoms with Crippen LogP contribution in [0.3, 0.4) is 0 Å². The zero-order valence-corrected chi connectivity index (χ0v) is 12.9. The quantitative estimate of drug-likeness (QED) is 0.847. The van der Waals surface area contributed by atoms with Crippen molar-refractivity contribution in [1.82, 2.24) is 20.4 Å². The van der Waals surface area contributed by atoms with Crippen LogP contribution in [0.15, 0.2) is 4.52 Å². The minimum atomic E-state index is -0.0654. The summed E-state index contributed by atoms with van der Waals surface area (Å²) in [5.41, 5.74) is 0. The molecule has 0 aromatic carbocycles. The van der Waals surface area contributed by atoms with Gasteiger partial charge < -0.3 is 19.5 Å². The number of likely N-dealkylation sites (N-methyl/N-ethyl adjacent to an activating group) is 2. The first-order chi connectivity index (χ1) is 9.58. The molecule has 0 saturated carbocycles. The molecule has 1 N–H and O–H groups in total. The molecule has 1 aliphatic rings. The van der Waals surface area contributed by atoms with Gasteiger partial charge in [-0.25, -0.2) is 0 Å². The summed E-state index contributed by atoms with van der Waals surface area (Å²) in [4.78, 5) is 6.72. The number of nitrogens with zero attached hydrogens (tertiary/aromatic N) is 3. The van der Waals surface area contributed by atoms with E-state index < -0.39 is 0 Å². The van der Waals surface area contributed by atoms with Crippen LogP contribution in [0, 0.1) is 5.92 Å². The Morgan fingerprint density at radius 2 is 2.25 bits per heavy atom. The first-order valence-electron chi connectivity index (χ1n) is 7.38. The van der Waals surface area contributed by atoms with Crippen LogP contribution in [-0.4, -0.2) is 54.9 Å². The molecule has 20 heavy (non-hydrogen) atoms. The van der Waals surface area contributed by atoms with Crippen molar-refractivity contribution in [3.8, 4) is 0 Å². The molecule has 0 spiro atoms. The first kappa shape index (κ1) is 15.4. The topological polar surface area (TPSA) is 63.4 Å². The van der Waals surface area contributed by atoms with Crippen LogP contribution >= 0.6 is 0 Å². The molecule has 0 amide bonds. The SMILES string of the molecule is CNC(Cc1nc(C2CN(C)CCO2)no1)CC(C)C. The van der Waals surface area contributed by atoms with E-state index in [-0.39, 0.29) is 6.10 Å². The molecule has 0 bridgehead atoms. The fourth-order valence-corrected chi connectivity index (χ4v) is 2.50. The molecule has 1 aromatic heterocycles. The molecule has 1 fully saturated rings. The van der Waals surface area contributed by atoms with Gasteiger partial charge in [0, 0.05) is 25.6 Å². The second-order valence-electron chi connectivity index (χ2n) is 5.99. The van der Waals surface area contributed by atoms with E-state index in [1.165, 1.54) is 0 Å². The fourth-order valence-electron chi connectivity index (χ4n) is 2.50. The van der Waals surface area contributed by atoms with E-state index in [0.717, 1.165) is 32.5 Å². The third-order valence-corrected chi connectivity index (χ3v) is 3.63. The zero-order chi connectivity index (χ0) is 14.5. The lowest BCUT2D eigenvalue weighted by atomic mass is 10.0. The van der Waals surface area contributed by atoms with Gasteiger partial charge in [0.15, 0.2) is 0 Å². The summed E-state index contributed by atoms with van der Waals surface area (Å²) in [6.45, 7) is 6.93. The van der Waals surface area contributed by atoms with Crippen molar-refractivity contribution in [3.05, 3.63) is 11.7 Å². The van der Waals surface area contributed by atoms with Crippen molar-refractivity contribution in [2.45, 2.75) is 38.8 Å². The Morgan fingerprint density at radius 1 is 1.45 bits per heavy atom. The Bertz CT molecular complexity index is 408. The van der Waals surface area contributed by atoms with Gasteiger partial charge in [-0.2, -0.15) is 4.98 Å². The standard InChI is InChI=1S/C14H26N4O2/c1-10(2)7-11(15-3)8-13-16-14(17-20-13)12-9-18(4)5-6-19-12/h10-12,15H,5-9H2,1-4H3. The Labute approximate surface area is 120 Å². The summed E-state index contributed by atoms with van der Waals surface area (Å²) >= 11 is 0. The first-order valence-corrected chi connectivity index (χ1v) is 7.38. The number of nitrogens with one attached hydrogen (secondary N) is 1. The summed E-state index contributed by atoms with van der Waals surface area (Å²) < 4.78 is 11.1. The Morgan fingerprint density at radius 3 is 2.90 bits per heavy atom. The van der Waals surface area contributed by atoms with Gasteiger partial charge >= 0.3 is 0 Å². The molecule has 2 heterocycles. The van der Waals surface area contributed by atoms with E-state index in [4.69, 9.17) is 9.26 Å². The van der Waals surface area contributed by atoms with Crippen LogP contribution < -0.4 is 5.32 Å². The zero-order valence-electron chi connectivity index (χ0n) is 12.9. The van der Waals surface area contributed by atoms with Gasteiger partial charge in [0.2, 0.25) is 11.7 Å². The van der Waals surface area contributed by atoms with E-state index in [0.29, 0.717) is 23.7 Å². The van der Waals surface area contributed by atoms with Crippen LogP contribution in [-0.2, 0) is 11.2 Å². The molecule has 6 nitrogen and oxygen atoms in total. The van der Waals surface area contributed by atoms with E-state index >= 15 is 0 Å². The summed E-state index contributed by atoms with van der Waals surface area (Å²) in [6, 6.07) is 0.373. The lowest BCUT2D eigenvalue weighted by Gasteiger charge is -2.27. The van der Waals surface area contributed by atoms with E-state index in [9.17, 15) is 0 Å². The van der Waals surface area contributed by atoms with Crippen LogP contribution in [0.1, 0.15) is 38.1 Å². The average molecular weight is 282 g/mol. The van der Waals surface area contributed by atoms with Crippen molar-refractivity contribution >= 4 is 0 Å². The largest absolute Gasteiger partial charge is 0.367 e. The summed E-state index contributed by atoms with van der Waals surface area (Å²) in [6.07, 6.45) is 1.80. The molecule has 2 atom stereocenters. The molecular weight excluding hydrogens is 256 g/mol. The number of hydrogen-bond donors (Lipinski definition) is 1. The van der Waals surface area contributed by atoms with Crippen LogP contribution in [0.4, 0.5) is 0 Å². The number of morpholine rings is 1. The maximum Gasteiger partial charge on any atom is 0.228 e. The maximum atomic E-state index is 5.70. The number of rotatable bonds is 6. The molecule has 6 heteroatoms. The van der Waals surface area contributed by atoms with E-state index in [1.54, 1.807) is 0 Å². The highest BCUT2D eigenvalue weighted by atomic mass is 16.5. The van der Waals surface area contributed by atoms with Gasteiger partial charge in [0.05, 0.1) is 6.61 Å². The van der Waals surface area contributed by atoms with Crippen LogP contribution in [0.2, 0.25) is 0 Å². The second-order valence-corrected chi connectivity index (χ2v) is 5.99. The van der Waals surface area contributed by atoms with Gasteiger partial charge in [-0.15, -0.1) is 0 Å². The Balaban J connectivity index is 1.94. The predicted octanol–water partition coefficient (Wildman–Crippen LogP) is 1.25. The van der Waals surface area contributed by atoms with Crippen molar-refractivity contribution in [2.24, 2.45) is 5.92 Å². The van der Waals surface area contributed by atoms with Crippen molar-refractivity contribution in [1.29, 1.82) is 0 Å². The minimum absolute atomic E-state index is 0.0654. The predicted molar refractivity (Wildman–Crippen MR) is 76.5 cm³/mol. The van der Waals surface area contributed by atoms with Gasteiger partial charge in [0.1, 0.15) is 6.10 Å². The number of aromatic nitrogens is 2. The monoisotopic (exact) mass is 282 g/mol. The molecule has 2 unspecified atom stereocenters. The normalized spacial score (nSPS) is 22.4. The van der Waals surface area contributed by atoms with Crippen LogP contribution in [0.5, 0.6) is 0 Å². The summed E-state index contributed by atoms with van der Waals surface area (Å²) in [5, 5.41) is 7.39. The highest BCUT2D eigenvalue weighted by molar-refractivity contribution is 4.95. The minimum Gasteiger partial charge on any atom is -0.367 e. The van der Waals surface area contributed by atoms with Crippen LogP contribution in [0.25, 0.3) is 0 Å². The maximum absolute atomic E-state index is 5.70. The molecule has 0 aliphatic carbocycles. The van der Waals surface area contributed by atoms with Crippen molar-refractivity contribution < 1.29 is 9.26 Å². The third-order valence-electron chi connectivity index (χ3n) is 3.63. The van der Waals surface area contributed by atoms with Crippen molar-refractivity contribution in [2.75, 3.05) is 33.8 Å². The third kappa shape index (κ3) is 4.26. The van der Waals surface area contributed by atoms with Gasteiger partial charge in [-0.05, 0) is 26.4 Å². The Hall–Kier alpha value is -0.980. The molecule has 1 aliphatic heterocycles. The van der Waals surface area contributed by atoms with Gasteiger partial charge in [0.25, 0.3) is 0 Å². The van der Waals surface area contributed by atoms with Gasteiger partial charge in [-0.3, -0.25) is 0 Å². The van der Waals surface area contributed by atoms with E-state index in [1.807, 2.05) is 7.05 Å². The molecule has 114 valence electrons. The average Bonchev–Trinajstić information content (AvgIpc) is 2.86. The molecule has 1 saturated heterocycles. The molecule has 0 radical (unpaired) electrons. The summed E-state index contributed by atoms with van der Waals surface area (Å²) in [7, 11) is 4.06. The number of hydrogen-bond acceptors (Lipinski definition) is 6.